The first-order chi connectivity index (χ1) is 11.0. The van der Waals surface area contributed by atoms with Crippen LogP contribution in [0, 0.1) is 0 Å². The molecule has 2 aromatic heterocycles. The van der Waals surface area contributed by atoms with Crippen LogP contribution in [0.1, 0.15) is 21.7 Å². The zero-order chi connectivity index (χ0) is 16.6. The molecular weight excluding hydrogens is 296 g/mol. The van der Waals surface area contributed by atoms with Crippen LogP contribution < -0.4 is 9.80 Å². The lowest BCUT2D eigenvalue weighted by Gasteiger charge is -2.30. The highest BCUT2D eigenvalue weighted by Gasteiger charge is 2.27. The van der Waals surface area contributed by atoms with Crippen molar-refractivity contribution in [3.05, 3.63) is 29.3 Å². The minimum absolute atomic E-state index is 0.138. The summed E-state index contributed by atoms with van der Waals surface area (Å²) in [4.78, 5) is 27.3. The second-order valence-corrected chi connectivity index (χ2v) is 5.92. The summed E-state index contributed by atoms with van der Waals surface area (Å²) in [5, 5.41) is 3.72. The van der Waals surface area contributed by atoms with Crippen molar-refractivity contribution in [3.63, 3.8) is 0 Å². The molecule has 3 heterocycles. The molecule has 0 fully saturated rings. The van der Waals surface area contributed by atoms with Crippen molar-refractivity contribution in [2.45, 2.75) is 13.0 Å². The number of aromatic nitrogens is 3. The highest BCUT2D eigenvalue weighted by atomic mass is 16.5. The van der Waals surface area contributed by atoms with Gasteiger partial charge in [-0.15, -0.1) is 0 Å². The quantitative estimate of drug-likeness (QED) is 0.828. The smallest absolute Gasteiger partial charge is 0.276 e. The number of hydrogen-bond donors (Lipinski definition) is 0. The lowest BCUT2D eigenvalue weighted by atomic mass is 10.0. The van der Waals surface area contributed by atoms with Crippen molar-refractivity contribution >= 4 is 17.7 Å². The Labute approximate surface area is 134 Å². The van der Waals surface area contributed by atoms with E-state index in [9.17, 15) is 4.79 Å². The molecule has 0 bridgehead atoms. The van der Waals surface area contributed by atoms with E-state index in [1.165, 1.54) is 6.26 Å². The van der Waals surface area contributed by atoms with Gasteiger partial charge in [0.25, 0.3) is 5.91 Å². The predicted octanol–water partition coefficient (Wildman–Crippen LogP) is 0.795. The van der Waals surface area contributed by atoms with E-state index in [0.29, 0.717) is 24.7 Å². The third-order valence-electron chi connectivity index (χ3n) is 3.80. The monoisotopic (exact) mass is 316 g/mol. The van der Waals surface area contributed by atoms with Crippen LogP contribution in [0.15, 0.2) is 16.9 Å². The molecule has 0 radical (unpaired) electrons. The maximum absolute atomic E-state index is 12.4. The molecule has 3 rings (SSSR count). The lowest BCUT2D eigenvalue weighted by molar-refractivity contribution is 0.0721. The second kappa shape index (κ2) is 5.86. The zero-order valence-corrected chi connectivity index (χ0v) is 13.8. The van der Waals surface area contributed by atoms with Gasteiger partial charge in [-0.2, -0.15) is 4.98 Å². The fourth-order valence-corrected chi connectivity index (χ4v) is 2.63. The summed E-state index contributed by atoms with van der Waals surface area (Å²) in [6.07, 6.45) is 2.13. The fourth-order valence-electron chi connectivity index (χ4n) is 2.63. The molecule has 0 saturated heterocycles. The molecule has 122 valence electrons. The molecule has 2 aromatic rings. The molecule has 1 amide bonds. The van der Waals surface area contributed by atoms with E-state index in [1.54, 1.807) is 11.0 Å². The number of anilines is 2. The van der Waals surface area contributed by atoms with E-state index < -0.39 is 0 Å². The molecule has 0 atom stereocenters. The summed E-state index contributed by atoms with van der Waals surface area (Å²) in [7, 11) is 7.74. The van der Waals surface area contributed by atoms with Crippen molar-refractivity contribution in [2.24, 2.45) is 0 Å². The van der Waals surface area contributed by atoms with Gasteiger partial charge in [-0.25, -0.2) is 4.98 Å². The molecule has 23 heavy (non-hydrogen) atoms. The van der Waals surface area contributed by atoms with Gasteiger partial charge in [0.05, 0.1) is 12.2 Å². The van der Waals surface area contributed by atoms with Crippen molar-refractivity contribution in [3.8, 4) is 0 Å². The number of amides is 1. The Morgan fingerprint density at radius 3 is 2.61 bits per heavy atom. The average Bonchev–Trinajstić information content (AvgIpc) is 3.06. The first kappa shape index (κ1) is 15.3. The Morgan fingerprint density at radius 2 is 2.00 bits per heavy atom. The lowest BCUT2D eigenvalue weighted by Crippen LogP contribution is -2.38. The molecule has 0 unspecified atom stereocenters. The van der Waals surface area contributed by atoms with E-state index in [4.69, 9.17) is 4.52 Å². The standard InChI is InChI=1S/C15H20N6O2/c1-19(2)13-10-5-7-21(14(22)11-6-8-23-18-11)9-12(10)16-15(17-13)20(3)4/h6,8H,5,7,9H2,1-4H3. The predicted molar refractivity (Wildman–Crippen MR) is 85.6 cm³/mol. The van der Waals surface area contributed by atoms with Crippen LogP contribution in [0.5, 0.6) is 0 Å². The first-order valence-electron chi connectivity index (χ1n) is 7.41. The van der Waals surface area contributed by atoms with Crippen LogP contribution in [0.25, 0.3) is 0 Å². The van der Waals surface area contributed by atoms with Gasteiger partial charge in [0.2, 0.25) is 5.95 Å². The Kier molecular flexibility index (Phi) is 3.89. The SMILES string of the molecule is CN(C)c1nc2c(c(N(C)C)n1)CCN(C(=O)c1ccon1)C2. The Bertz CT molecular complexity index is 711. The summed E-state index contributed by atoms with van der Waals surface area (Å²) in [6, 6.07) is 1.58. The average molecular weight is 316 g/mol. The molecule has 0 N–H and O–H groups in total. The van der Waals surface area contributed by atoms with E-state index in [-0.39, 0.29) is 5.91 Å². The maximum Gasteiger partial charge on any atom is 0.276 e. The zero-order valence-electron chi connectivity index (χ0n) is 13.8. The molecule has 1 aliphatic rings. The van der Waals surface area contributed by atoms with Gasteiger partial charge in [0.1, 0.15) is 12.1 Å². The minimum atomic E-state index is -0.138. The second-order valence-electron chi connectivity index (χ2n) is 5.92. The number of carbonyl (C=O) groups excluding carboxylic acids is 1. The van der Waals surface area contributed by atoms with Crippen molar-refractivity contribution in [1.29, 1.82) is 0 Å². The van der Waals surface area contributed by atoms with Crippen LogP contribution in [0.4, 0.5) is 11.8 Å². The van der Waals surface area contributed by atoms with Crippen LogP contribution in [0.3, 0.4) is 0 Å². The van der Waals surface area contributed by atoms with Crippen molar-refractivity contribution in [1.82, 2.24) is 20.0 Å². The third kappa shape index (κ3) is 2.84. The van der Waals surface area contributed by atoms with E-state index in [0.717, 1.165) is 23.5 Å². The van der Waals surface area contributed by atoms with Crippen molar-refractivity contribution < 1.29 is 9.32 Å². The van der Waals surface area contributed by atoms with Gasteiger partial charge in [0, 0.05) is 46.4 Å². The number of nitrogens with zero attached hydrogens (tertiary/aromatic N) is 6. The van der Waals surface area contributed by atoms with Gasteiger partial charge >= 0.3 is 0 Å². The number of rotatable bonds is 3. The third-order valence-corrected chi connectivity index (χ3v) is 3.80. The van der Waals surface area contributed by atoms with Crippen molar-refractivity contribution in [2.75, 3.05) is 44.5 Å². The topological polar surface area (TPSA) is 78.6 Å². The van der Waals surface area contributed by atoms with Crippen LogP contribution in [-0.4, -0.2) is 60.7 Å². The minimum Gasteiger partial charge on any atom is -0.364 e. The summed E-state index contributed by atoms with van der Waals surface area (Å²) in [5.41, 5.74) is 2.31. The number of fused-ring (bicyclic) bond motifs is 1. The molecule has 0 saturated carbocycles. The van der Waals surface area contributed by atoms with Crippen LogP contribution >= 0.6 is 0 Å². The molecule has 0 aromatic carbocycles. The van der Waals surface area contributed by atoms with Gasteiger partial charge in [-0.05, 0) is 6.42 Å². The van der Waals surface area contributed by atoms with Gasteiger partial charge < -0.3 is 19.2 Å². The number of carbonyl (C=O) groups is 1. The Morgan fingerprint density at radius 1 is 1.22 bits per heavy atom. The van der Waals surface area contributed by atoms with E-state index >= 15 is 0 Å². The number of hydrogen-bond acceptors (Lipinski definition) is 7. The van der Waals surface area contributed by atoms with E-state index in [1.807, 2.05) is 38.0 Å². The van der Waals surface area contributed by atoms with Crippen LogP contribution in [0.2, 0.25) is 0 Å². The van der Waals surface area contributed by atoms with Gasteiger partial charge in [0.15, 0.2) is 5.69 Å². The summed E-state index contributed by atoms with van der Waals surface area (Å²) < 4.78 is 4.76. The van der Waals surface area contributed by atoms with Gasteiger partial charge in [-0.1, -0.05) is 5.16 Å². The molecule has 0 aliphatic carbocycles. The van der Waals surface area contributed by atoms with E-state index in [2.05, 4.69) is 15.1 Å². The van der Waals surface area contributed by atoms with Gasteiger partial charge in [-0.3, -0.25) is 4.79 Å². The molecule has 8 nitrogen and oxygen atoms in total. The highest BCUT2D eigenvalue weighted by Crippen LogP contribution is 2.27. The molecule has 1 aliphatic heterocycles. The summed E-state index contributed by atoms with van der Waals surface area (Å²) in [5.74, 6) is 1.41. The maximum atomic E-state index is 12.4. The molecule has 8 heteroatoms. The summed E-state index contributed by atoms with van der Waals surface area (Å²) in [6.45, 7) is 1.06. The summed E-state index contributed by atoms with van der Waals surface area (Å²) >= 11 is 0. The highest BCUT2D eigenvalue weighted by molar-refractivity contribution is 5.92. The Balaban J connectivity index is 1.94. The largest absolute Gasteiger partial charge is 0.364 e. The Hall–Kier alpha value is -2.64. The normalized spacial score (nSPS) is 13.7. The first-order valence-corrected chi connectivity index (χ1v) is 7.41. The molecule has 0 spiro atoms. The fraction of sp³-hybridized carbons (Fsp3) is 0.467. The molecular formula is C15H20N6O2. The van der Waals surface area contributed by atoms with Crippen LogP contribution in [-0.2, 0) is 13.0 Å².